The molecular formula is C23H23ClN2O3S. The van der Waals surface area contributed by atoms with Gasteiger partial charge in [-0.05, 0) is 54.8 Å². The molecule has 0 spiro atoms. The molecule has 1 amide bonds. The van der Waals surface area contributed by atoms with Crippen LogP contribution in [-0.4, -0.2) is 20.9 Å². The average Bonchev–Trinajstić information content (AvgIpc) is 2.73. The number of sulfone groups is 1. The first-order valence-electron chi connectivity index (χ1n) is 9.45. The fourth-order valence-electron chi connectivity index (χ4n) is 3.22. The minimum Gasteiger partial charge on any atom is -0.376 e. The van der Waals surface area contributed by atoms with E-state index in [2.05, 4.69) is 10.6 Å². The summed E-state index contributed by atoms with van der Waals surface area (Å²) >= 11 is 6.10. The van der Waals surface area contributed by atoms with Crippen LogP contribution in [0.25, 0.3) is 0 Å². The Labute approximate surface area is 182 Å². The number of hydrogen-bond acceptors (Lipinski definition) is 4. The van der Waals surface area contributed by atoms with Gasteiger partial charge in [0.1, 0.15) is 0 Å². The molecular weight excluding hydrogens is 420 g/mol. The largest absolute Gasteiger partial charge is 0.376 e. The third-order valence-corrected chi connectivity index (χ3v) is 7.23. The Hall–Kier alpha value is -2.83. The molecule has 2 N–H and O–H groups in total. The number of hydrogen-bond donors (Lipinski definition) is 2. The van der Waals surface area contributed by atoms with Crippen LogP contribution in [0.1, 0.15) is 16.7 Å². The van der Waals surface area contributed by atoms with Gasteiger partial charge in [-0.25, -0.2) is 8.42 Å². The Balaban J connectivity index is 1.74. The maximum atomic E-state index is 13.1. The summed E-state index contributed by atoms with van der Waals surface area (Å²) in [5.41, 5.74) is 2.67. The molecule has 0 bridgehead atoms. The second-order valence-corrected chi connectivity index (χ2v) is 9.22. The summed E-state index contributed by atoms with van der Waals surface area (Å²) in [4.78, 5) is 12.7. The molecule has 0 aliphatic heterocycles. The zero-order valence-corrected chi connectivity index (χ0v) is 18.3. The predicted octanol–water partition coefficient (Wildman–Crippen LogP) is 4.52. The van der Waals surface area contributed by atoms with Crippen molar-refractivity contribution < 1.29 is 13.2 Å². The molecule has 0 saturated carbocycles. The summed E-state index contributed by atoms with van der Waals surface area (Å²) in [6.07, 6.45) is 0. The van der Waals surface area contributed by atoms with Gasteiger partial charge in [-0.2, -0.15) is 0 Å². The number of anilines is 1. The lowest BCUT2D eigenvalue weighted by Gasteiger charge is -2.16. The van der Waals surface area contributed by atoms with Crippen molar-refractivity contribution in [1.82, 2.24) is 5.32 Å². The molecule has 3 rings (SSSR count). The number of nitrogens with one attached hydrogen (secondary N) is 2. The maximum Gasteiger partial charge on any atom is 0.239 e. The van der Waals surface area contributed by atoms with Crippen LogP contribution in [-0.2, 0) is 21.2 Å². The van der Waals surface area contributed by atoms with Gasteiger partial charge in [0.2, 0.25) is 15.7 Å². The smallest absolute Gasteiger partial charge is 0.239 e. The van der Waals surface area contributed by atoms with Gasteiger partial charge in [0, 0.05) is 17.3 Å². The molecule has 0 aromatic heterocycles. The molecule has 0 aliphatic carbocycles. The Bertz CT molecular complexity index is 1160. The summed E-state index contributed by atoms with van der Waals surface area (Å²) in [7, 11) is -3.67. The quantitative estimate of drug-likeness (QED) is 0.564. The van der Waals surface area contributed by atoms with Crippen LogP contribution in [0.3, 0.4) is 0 Å². The molecule has 30 heavy (non-hydrogen) atoms. The number of carbonyl (C=O) groups excluding carboxylic acids is 1. The van der Waals surface area contributed by atoms with Gasteiger partial charge in [-0.3, -0.25) is 4.79 Å². The Morgan fingerprint density at radius 2 is 1.60 bits per heavy atom. The number of amides is 1. The zero-order chi connectivity index (χ0) is 21.7. The van der Waals surface area contributed by atoms with Crippen LogP contribution in [0, 0.1) is 13.8 Å². The van der Waals surface area contributed by atoms with Crippen molar-refractivity contribution in [3.63, 3.8) is 0 Å². The Morgan fingerprint density at radius 3 is 2.30 bits per heavy atom. The normalized spacial score (nSPS) is 11.2. The first-order valence-corrected chi connectivity index (χ1v) is 11.3. The van der Waals surface area contributed by atoms with Crippen molar-refractivity contribution in [2.45, 2.75) is 30.2 Å². The molecule has 0 saturated heterocycles. The minimum absolute atomic E-state index is 0.0131. The molecule has 0 aliphatic rings. The Kier molecular flexibility index (Phi) is 6.80. The molecule has 156 valence electrons. The van der Waals surface area contributed by atoms with E-state index in [4.69, 9.17) is 11.6 Å². The van der Waals surface area contributed by atoms with Gasteiger partial charge in [-0.15, -0.1) is 0 Å². The van der Waals surface area contributed by atoms with Gasteiger partial charge in [0.05, 0.1) is 16.3 Å². The van der Waals surface area contributed by atoms with Gasteiger partial charge < -0.3 is 10.6 Å². The summed E-state index contributed by atoms with van der Waals surface area (Å²) in [5.74, 6) is -0.220. The van der Waals surface area contributed by atoms with Crippen LogP contribution in [0.5, 0.6) is 0 Å². The number of carbonyl (C=O) groups is 1. The van der Waals surface area contributed by atoms with E-state index >= 15 is 0 Å². The second-order valence-electron chi connectivity index (χ2n) is 6.92. The third-order valence-electron chi connectivity index (χ3n) is 4.80. The lowest BCUT2D eigenvalue weighted by molar-refractivity contribution is -0.119. The number of benzene rings is 3. The topological polar surface area (TPSA) is 75.3 Å². The maximum absolute atomic E-state index is 13.1. The minimum atomic E-state index is -3.67. The van der Waals surface area contributed by atoms with Crippen molar-refractivity contribution >= 4 is 33.0 Å². The van der Waals surface area contributed by atoms with E-state index < -0.39 is 9.84 Å². The van der Waals surface area contributed by atoms with Crippen molar-refractivity contribution in [3.8, 4) is 0 Å². The van der Waals surface area contributed by atoms with E-state index in [9.17, 15) is 13.2 Å². The summed E-state index contributed by atoms with van der Waals surface area (Å²) in [6.45, 7) is 3.84. The highest BCUT2D eigenvalue weighted by Gasteiger charge is 2.23. The highest BCUT2D eigenvalue weighted by atomic mass is 35.5. The van der Waals surface area contributed by atoms with Crippen molar-refractivity contribution in [2.75, 3.05) is 11.9 Å². The fourth-order valence-corrected chi connectivity index (χ4v) is 5.18. The van der Waals surface area contributed by atoms with E-state index in [1.807, 2.05) is 18.2 Å². The zero-order valence-electron chi connectivity index (χ0n) is 16.8. The SMILES string of the molecule is Cc1ccc(NCC(=O)NCc2ccccc2Cl)c(C)c1S(=O)(=O)c1ccccc1. The predicted molar refractivity (Wildman–Crippen MR) is 120 cm³/mol. The summed E-state index contributed by atoms with van der Waals surface area (Å²) in [5, 5.41) is 6.45. The van der Waals surface area contributed by atoms with E-state index in [1.165, 1.54) is 0 Å². The van der Waals surface area contributed by atoms with Crippen LogP contribution in [0.4, 0.5) is 5.69 Å². The number of rotatable bonds is 7. The van der Waals surface area contributed by atoms with E-state index in [0.29, 0.717) is 28.4 Å². The van der Waals surface area contributed by atoms with Gasteiger partial charge in [-0.1, -0.05) is 54.1 Å². The Morgan fingerprint density at radius 1 is 0.933 bits per heavy atom. The molecule has 0 atom stereocenters. The molecule has 0 unspecified atom stereocenters. The monoisotopic (exact) mass is 442 g/mol. The molecule has 7 heteroatoms. The first-order chi connectivity index (χ1) is 14.3. The lowest BCUT2D eigenvalue weighted by Crippen LogP contribution is -2.29. The van der Waals surface area contributed by atoms with Crippen LogP contribution in [0.15, 0.2) is 76.5 Å². The van der Waals surface area contributed by atoms with Gasteiger partial charge >= 0.3 is 0 Å². The van der Waals surface area contributed by atoms with E-state index in [-0.39, 0.29) is 22.2 Å². The van der Waals surface area contributed by atoms with E-state index in [0.717, 1.165) is 5.56 Å². The van der Waals surface area contributed by atoms with Crippen LogP contribution in [0.2, 0.25) is 5.02 Å². The summed E-state index contributed by atoms with van der Waals surface area (Å²) in [6, 6.07) is 19.2. The fraction of sp³-hybridized carbons (Fsp3) is 0.174. The molecule has 3 aromatic rings. The molecule has 3 aromatic carbocycles. The van der Waals surface area contributed by atoms with Crippen molar-refractivity contribution in [3.05, 3.63) is 88.4 Å². The molecule has 0 heterocycles. The molecule has 0 radical (unpaired) electrons. The second kappa shape index (κ2) is 9.32. The summed E-state index contributed by atoms with van der Waals surface area (Å²) < 4.78 is 26.3. The van der Waals surface area contributed by atoms with Gasteiger partial charge in [0.15, 0.2) is 0 Å². The van der Waals surface area contributed by atoms with Gasteiger partial charge in [0.25, 0.3) is 0 Å². The molecule has 5 nitrogen and oxygen atoms in total. The van der Waals surface area contributed by atoms with Crippen molar-refractivity contribution in [2.24, 2.45) is 0 Å². The highest BCUT2D eigenvalue weighted by molar-refractivity contribution is 7.91. The lowest BCUT2D eigenvalue weighted by atomic mass is 10.1. The number of aryl methyl sites for hydroxylation is 1. The average molecular weight is 443 g/mol. The number of halogens is 1. The standard InChI is InChI=1S/C23H23ClN2O3S/c1-16-12-13-21(17(2)23(16)30(28,29)19-9-4-3-5-10-19)25-15-22(27)26-14-18-8-6-7-11-20(18)24/h3-13,25H,14-15H2,1-2H3,(H,26,27). The van der Waals surface area contributed by atoms with Crippen LogP contribution < -0.4 is 10.6 Å². The molecule has 0 fully saturated rings. The van der Waals surface area contributed by atoms with Crippen LogP contribution >= 0.6 is 11.6 Å². The van der Waals surface area contributed by atoms with E-state index in [1.54, 1.807) is 62.4 Å². The van der Waals surface area contributed by atoms with Crippen molar-refractivity contribution in [1.29, 1.82) is 0 Å². The first kappa shape index (κ1) is 21.9. The highest BCUT2D eigenvalue weighted by Crippen LogP contribution is 2.31. The third kappa shape index (κ3) is 4.83.